The molecule has 0 radical (unpaired) electrons. The Hall–Kier alpha value is -3.71. The van der Waals surface area contributed by atoms with E-state index in [1.54, 1.807) is 12.1 Å². The van der Waals surface area contributed by atoms with Crippen molar-refractivity contribution in [1.29, 1.82) is 0 Å². The lowest BCUT2D eigenvalue weighted by atomic mass is 9.97. The van der Waals surface area contributed by atoms with E-state index in [4.69, 9.17) is 4.74 Å². The highest BCUT2D eigenvalue weighted by Crippen LogP contribution is 2.30. The molecule has 0 atom stereocenters. The van der Waals surface area contributed by atoms with Gasteiger partial charge in [-0.05, 0) is 40.8 Å². The van der Waals surface area contributed by atoms with Gasteiger partial charge in [-0.3, -0.25) is 14.9 Å². The molecule has 0 aliphatic carbocycles. The molecule has 0 heterocycles. The van der Waals surface area contributed by atoms with Crippen molar-refractivity contribution in [2.75, 3.05) is 13.1 Å². The van der Waals surface area contributed by atoms with E-state index in [-0.39, 0.29) is 24.0 Å². The van der Waals surface area contributed by atoms with Crippen LogP contribution in [0.5, 0.6) is 5.75 Å². The van der Waals surface area contributed by atoms with Gasteiger partial charge in [0.15, 0.2) is 5.75 Å². The van der Waals surface area contributed by atoms with Crippen LogP contribution in [0, 0.1) is 17.0 Å². The highest BCUT2D eigenvalue weighted by Gasteiger charge is 2.17. The zero-order valence-electron chi connectivity index (χ0n) is 18.3. The van der Waals surface area contributed by atoms with Crippen molar-refractivity contribution in [2.45, 2.75) is 27.0 Å². The Balaban J connectivity index is 1.68. The minimum Gasteiger partial charge on any atom is -0.482 e. The van der Waals surface area contributed by atoms with Crippen LogP contribution in [0.4, 0.5) is 5.69 Å². The highest BCUT2D eigenvalue weighted by molar-refractivity contribution is 5.72. The number of hydrogen-bond acceptors (Lipinski definition) is 5. The molecule has 0 spiro atoms. The zero-order chi connectivity index (χ0) is 22.9. The molecule has 0 fully saturated rings. The Bertz CT molecular complexity index is 1080. The maximum absolute atomic E-state index is 11.6. The summed E-state index contributed by atoms with van der Waals surface area (Å²) < 4.78 is 5.87. The van der Waals surface area contributed by atoms with Gasteiger partial charge in [0.05, 0.1) is 4.92 Å². The number of benzene rings is 3. The van der Waals surface area contributed by atoms with Crippen molar-refractivity contribution in [1.82, 2.24) is 10.6 Å². The molecule has 0 saturated carbocycles. The molecule has 0 aromatic heterocycles. The predicted octanol–water partition coefficient (Wildman–Crippen LogP) is 4.37. The molecule has 0 aliphatic rings. The SMILES string of the molecule is CC(=O)NCCNCc1ccc(OCc2cccc(-c3ccccc3)c2C)c([N+](=O)[O-])c1. The Morgan fingerprint density at radius 3 is 2.53 bits per heavy atom. The third-order valence-corrected chi connectivity index (χ3v) is 5.14. The van der Waals surface area contributed by atoms with Gasteiger partial charge in [0.1, 0.15) is 6.61 Å². The lowest BCUT2D eigenvalue weighted by Crippen LogP contribution is -2.29. The Morgan fingerprint density at radius 1 is 1.03 bits per heavy atom. The molecule has 7 nitrogen and oxygen atoms in total. The van der Waals surface area contributed by atoms with E-state index >= 15 is 0 Å². The van der Waals surface area contributed by atoms with Gasteiger partial charge in [0, 0.05) is 32.6 Å². The van der Waals surface area contributed by atoms with Crippen LogP contribution in [0.3, 0.4) is 0 Å². The predicted molar refractivity (Wildman–Crippen MR) is 124 cm³/mol. The molecule has 3 rings (SSSR count). The Labute approximate surface area is 187 Å². The number of amides is 1. The van der Waals surface area contributed by atoms with E-state index in [1.165, 1.54) is 13.0 Å². The molecule has 1 amide bonds. The summed E-state index contributed by atoms with van der Waals surface area (Å²) in [5.74, 6) is 0.148. The first kappa shape index (κ1) is 23.0. The van der Waals surface area contributed by atoms with Crippen molar-refractivity contribution in [3.8, 4) is 16.9 Å². The quantitative estimate of drug-likeness (QED) is 0.281. The van der Waals surface area contributed by atoms with E-state index < -0.39 is 4.92 Å². The van der Waals surface area contributed by atoms with E-state index in [0.29, 0.717) is 19.6 Å². The van der Waals surface area contributed by atoms with E-state index in [1.807, 2.05) is 37.3 Å². The first-order valence-corrected chi connectivity index (χ1v) is 10.4. The summed E-state index contributed by atoms with van der Waals surface area (Å²) >= 11 is 0. The third-order valence-electron chi connectivity index (χ3n) is 5.14. The minimum atomic E-state index is -0.427. The van der Waals surface area contributed by atoms with Gasteiger partial charge in [0.25, 0.3) is 0 Å². The van der Waals surface area contributed by atoms with Crippen LogP contribution in [0.15, 0.2) is 66.7 Å². The van der Waals surface area contributed by atoms with Crippen molar-refractivity contribution >= 4 is 11.6 Å². The van der Waals surface area contributed by atoms with Crippen LogP contribution < -0.4 is 15.4 Å². The second-order valence-electron chi connectivity index (χ2n) is 7.46. The van der Waals surface area contributed by atoms with Crippen molar-refractivity contribution < 1.29 is 14.5 Å². The normalized spacial score (nSPS) is 10.6. The molecule has 0 aliphatic heterocycles. The summed E-state index contributed by atoms with van der Waals surface area (Å²) in [6.45, 7) is 5.26. The first-order valence-electron chi connectivity index (χ1n) is 10.4. The number of rotatable bonds is 10. The number of ether oxygens (including phenoxy) is 1. The van der Waals surface area contributed by atoms with Gasteiger partial charge in [-0.15, -0.1) is 0 Å². The van der Waals surface area contributed by atoms with E-state index in [2.05, 4.69) is 28.8 Å². The van der Waals surface area contributed by atoms with Gasteiger partial charge >= 0.3 is 5.69 Å². The van der Waals surface area contributed by atoms with Gasteiger partial charge in [-0.1, -0.05) is 54.6 Å². The topological polar surface area (TPSA) is 93.5 Å². The minimum absolute atomic E-state index is 0.0666. The molecule has 3 aromatic carbocycles. The summed E-state index contributed by atoms with van der Waals surface area (Å²) in [7, 11) is 0. The zero-order valence-corrected chi connectivity index (χ0v) is 18.3. The third kappa shape index (κ3) is 6.15. The van der Waals surface area contributed by atoms with Crippen molar-refractivity contribution in [3.63, 3.8) is 0 Å². The summed E-state index contributed by atoms with van der Waals surface area (Å²) in [5, 5.41) is 17.4. The summed E-state index contributed by atoms with van der Waals surface area (Å²) in [4.78, 5) is 22.1. The second kappa shape index (κ2) is 11.1. The van der Waals surface area contributed by atoms with Crippen LogP contribution in [0.2, 0.25) is 0 Å². The fraction of sp³-hybridized carbons (Fsp3) is 0.240. The molecule has 3 aromatic rings. The lowest BCUT2D eigenvalue weighted by Gasteiger charge is -2.13. The largest absolute Gasteiger partial charge is 0.482 e. The lowest BCUT2D eigenvalue weighted by molar-refractivity contribution is -0.386. The average Bonchev–Trinajstić information content (AvgIpc) is 2.79. The fourth-order valence-electron chi connectivity index (χ4n) is 3.42. The molecule has 0 saturated heterocycles. The van der Waals surface area contributed by atoms with Gasteiger partial charge in [-0.25, -0.2) is 0 Å². The smallest absolute Gasteiger partial charge is 0.311 e. The molecule has 2 N–H and O–H groups in total. The molecular weight excluding hydrogens is 406 g/mol. The standard InChI is InChI=1S/C25H27N3O4/c1-18-22(9-6-10-23(18)21-7-4-3-5-8-21)17-32-25-12-11-20(15-24(25)28(30)31)16-26-13-14-27-19(2)29/h3-12,15,26H,13-14,16-17H2,1-2H3,(H,27,29). The van der Waals surface area contributed by atoms with Crippen LogP contribution in [-0.2, 0) is 17.9 Å². The van der Waals surface area contributed by atoms with Gasteiger partial charge in [0.2, 0.25) is 5.91 Å². The van der Waals surface area contributed by atoms with Crippen LogP contribution in [0.1, 0.15) is 23.6 Å². The summed E-state index contributed by atoms with van der Waals surface area (Å²) in [6.07, 6.45) is 0. The van der Waals surface area contributed by atoms with Crippen molar-refractivity contribution in [2.24, 2.45) is 0 Å². The summed E-state index contributed by atoms with van der Waals surface area (Å²) in [5.41, 5.74) is 5.00. The highest BCUT2D eigenvalue weighted by atomic mass is 16.6. The number of hydrogen-bond donors (Lipinski definition) is 2. The van der Waals surface area contributed by atoms with Crippen LogP contribution >= 0.6 is 0 Å². The number of nitro benzene ring substituents is 1. The van der Waals surface area contributed by atoms with E-state index in [9.17, 15) is 14.9 Å². The number of nitrogens with one attached hydrogen (secondary N) is 2. The Morgan fingerprint density at radius 2 is 1.81 bits per heavy atom. The first-order chi connectivity index (χ1) is 15.5. The van der Waals surface area contributed by atoms with Crippen molar-refractivity contribution in [3.05, 3.63) is 93.5 Å². The van der Waals surface area contributed by atoms with Crippen LogP contribution in [0.25, 0.3) is 11.1 Å². The molecular formula is C25H27N3O4. The van der Waals surface area contributed by atoms with Gasteiger partial charge in [-0.2, -0.15) is 0 Å². The maximum Gasteiger partial charge on any atom is 0.311 e. The van der Waals surface area contributed by atoms with Crippen LogP contribution in [-0.4, -0.2) is 23.9 Å². The molecule has 0 bridgehead atoms. The average molecular weight is 434 g/mol. The maximum atomic E-state index is 11.6. The number of carbonyl (C=O) groups is 1. The number of carbonyl (C=O) groups excluding carboxylic acids is 1. The van der Waals surface area contributed by atoms with E-state index in [0.717, 1.165) is 27.8 Å². The molecule has 32 heavy (non-hydrogen) atoms. The van der Waals surface area contributed by atoms with Gasteiger partial charge < -0.3 is 15.4 Å². The molecule has 166 valence electrons. The Kier molecular flexibility index (Phi) is 7.94. The number of nitrogens with zero attached hydrogens (tertiary/aromatic N) is 1. The summed E-state index contributed by atoms with van der Waals surface area (Å²) in [6, 6.07) is 21.1. The number of nitro groups is 1. The molecule has 7 heteroatoms. The monoisotopic (exact) mass is 433 g/mol. The fourth-order valence-corrected chi connectivity index (χ4v) is 3.42. The molecule has 0 unspecified atom stereocenters. The second-order valence-corrected chi connectivity index (χ2v) is 7.46.